The lowest BCUT2D eigenvalue weighted by molar-refractivity contribution is 0.358. The van der Waals surface area contributed by atoms with E-state index in [0.717, 1.165) is 60.4 Å². The summed E-state index contributed by atoms with van der Waals surface area (Å²) in [6.45, 7) is 6.73. The topological polar surface area (TPSA) is 67.4 Å². The number of guanidine groups is 1. The van der Waals surface area contributed by atoms with Gasteiger partial charge in [-0.3, -0.25) is 4.99 Å². The zero-order valence-electron chi connectivity index (χ0n) is 19.7. The van der Waals surface area contributed by atoms with E-state index in [4.69, 9.17) is 14.2 Å². The van der Waals surface area contributed by atoms with Gasteiger partial charge in [0.2, 0.25) is 0 Å². The fraction of sp³-hybridized carbons (Fsp3) is 0.400. The number of para-hydroxylation sites is 1. The molecule has 2 aromatic rings. The van der Waals surface area contributed by atoms with Gasteiger partial charge in [-0.2, -0.15) is 0 Å². The average Bonchev–Trinajstić information content (AvgIpc) is 2.85. The van der Waals surface area contributed by atoms with Gasteiger partial charge in [0, 0.05) is 62.2 Å². The molecule has 0 saturated carbocycles. The quantitative estimate of drug-likeness (QED) is 0.205. The van der Waals surface area contributed by atoms with Crippen LogP contribution in [-0.2, 0) is 6.54 Å². The van der Waals surface area contributed by atoms with Crippen molar-refractivity contribution in [1.82, 2.24) is 10.6 Å². The normalized spacial score (nSPS) is 14.2. The fourth-order valence-electron chi connectivity index (χ4n) is 3.76. The molecule has 3 rings (SSSR count). The van der Waals surface area contributed by atoms with Gasteiger partial charge in [0.1, 0.15) is 23.9 Å². The maximum Gasteiger partial charge on any atom is 0.191 e. The highest BCUT2D eigenvalue weighted by Crippen LogP contribution is 2.30. The number of ether oxygens (including phenoxy) is 3. The predicted molar refractivity (Wildman–Crippen MR) is 146 cm³/mol. The van der Waals surface area contributed by atoms with Gasteiger partial charge in [0.05, 0.1) is 14.2 Å². The summed E-state index contributed by atoms with van der Waals surface area (Å²) in [4.78, 5) is 6.77. The molecule has 0 atom stereocenters. The maximum absolute atomic E-state index is 5.75. The summed E-state index contributed by atoms with van der Waals surface area (Å²) in [6.07, 6.45) is 3.77. The van der Waals surface area contributed by atoms with E-state index in [1.807, 2.05) is 24.3 Å². The van der Waals surface area contributed by atoms with Gasteiger partial charge < -0.3 is 29.7 Å². The Labute approximate surface area is 214 Å². The Kier molecular flexibility index (Phi) is 11.2. The van der Waals surface area contributed by atoms with Crippen molar-refractivity contribution in [3.05, 3.63) is 60.7 Å². The van der Waals surface area contributed by atoms with E-state index in [2.05, 4.69) is 45.3 Å². The Morgan fingerprint density at radius 1 is 1.12 bits per heavy atom. The van der Waals surface area contributed by atoms with E-state index >= 15 is 0 Å². The van der Waals surface area contributed by atoms with Gasteiger partial charge in [-0.1, -0.05) is 30.9 Å². The summed E-state index contributed by atoms with van der Waals surface area (Å²) >= 11 is 0. The van der Waals surface area contributed by atoms with Crippen LogP contribution in [0.3, 0.4) is 0 Å². The molecule has 8 heteroatoms. The highest BCUT2D eigenvalue weighted by atomic mass is 127. The van der Waals surface area contributed by atoms with Gasteiger partial charge >= 0.3 is 0 Å². The first-order chi connectivity index (χ1) is 15.7. The molecule has 0 unspecified atom stereocenters. The van der Waals surface area contributed by atoms with E-state index < -0.39 is 0 Å². The molecule has 7 nitrogen and oxygen atoms in total. The number of anilines is 1. The third-order valence-electron chi connectivity index (χ3n) is 5.54. The van der Waals surface area contributed by atoms with Gasteiger partial charge in [0.25, 0.3) is 0 Å². The zero-order chi connectivity index (χ0) is 22.8. The summed E-state index contributed by atoms with van der Waals surface area (Å²) in [6, 6.07) is 14.4. The van der Waals surface area contributed by atoms with Gasteiger partial charge in [-0.15, -0.1) is 24.0 Å². The molecule has 0 spiro atoms. The van der Waals surface area contributed by atoms with Crippen molar-refractivity contribution in [3.8, 4) is 17.2 Å². The molecular formula is C25H35IN4O3. The van der Waals surface area contributed by atoms with Crippen LogP contribution >= 0.6 is 24.0 Å². The standard InChI is InChI=1S/C25H34N4O3.HI/c1-5-14-32-24-9-7-6-8-19(24)18-27-25(26-2)28-20-10-12-29(13-11-20)21-15-22(30-3)17-23(16-21)31-4;/h5-9,15-17,20H,1,10-14,18H2,2-4H3,(H2,26,27,28);1H. The van der Waals surface area contributed by atoms with E-state index in [1.54, 1.807) is 27.3 Å². The molecule has 0 aliphatic carbocycles. The maximum atomic E-state index is 5.75. The number of benzene rings is 2. The highest BCUT2D eigenvalue weighted by Gasteiger charge is 2.21. The molecule has 33 heavy (non-hydrogen) atoms. The summed E-state index contributed by atoms with van der Waals surface area (Å²) in [7, 11) is 5.15. The van der Waals surface area contributed by atoms with Crippen molar-refractivity contribution < 1.29 is 14.2 Å². The lowest BCUT2D eigenvalue weighted by Gasteiger charge is -2.34. The summed E-state index contributed by atoms with van der Waals surface area (Å²) in [5.41, 5.74) is 2.21. The zero-order valence-corrected chi connectivity index (χ0v) is 22.0. The second kappa shape index (κ2) is 13.8. The van der Waals surface area contributed by atoms with Crippen molar-refractivity contribution in [2.24, 2.45) is 4.99 Å². The monoisotopic (exact) mass is 566 g/mol. The molecule has 1 aliphatic heterocycles. The molecule has 180 valence electrons. The third-order valence-corrected chi connectivity index (χ3v) is 5.54. The molecule has 2 N–H and O–H groups in total. The fourth-order valence-corrected chi connectivity index (χ4v) is 3.76. The molecule has 0 amide bonds. The molecule has 0 bridgehead atoms. The molecule has 0 radical (unpaired) electrons. The minimum atomic E-state index is 0. The Morgan fingerprint density at radius 3 is 2.39 bits per heavy atom. The number of nitrogens with one attached hydrogen (secondary N) is 2. The number of halogens is 1. The lowest BCUT2D eigenvalue weighted by atomic mass is 10.0. The number of aliphatic imine (C=N–C) groups is 1. The van der Waals surface area contributed by atoms with Crippen LogP contribution in [-0.4, -0.2) is 53.0 Å². The van der Waals surface area contributed by atoms with Crippen LogP contribution < -0.4 is 29.7 Å². The second-order valence-corrected chi connectivity index (χ2v) is 7.61. The van der Waals surface area contributed by atoms with E-state index in [-0.39, 0.29) is 24.0 Å². The third kappa shape index (κ3) is 7.73. The second-order valence-electron chi connectivity index (χ2n) is 7.61. The number of piperidine rings is 1. The molecule has 1 aliphatic rings. The average molecular weight is 566 g/mol. The predicted octanol–water partition coefficient (Wildman–Crippen LogP) is 4.22. The van der Waals surface area contributed by atoms with Gasteiger partial charge in [-0.05, 0) is 18.9 Å². The minimum Gasteiger partial charge on any atom is -0.497 e. The van der Waals surface area contributed by atoms with Gasteiger partial charge in [-0.25, -0.2) is 0 Å². The van der Waals surface area contributed by atoms with Crippen LogP contribution in [0.1, 0.15) is 18.4 Å². The van der Waals surface area contributed by atoms with Crippen LogP contribution in [0.15, 0.2) is 60.1 Å². The van der Waals surface area contributed by atoms with Crippen molar-refractivity contribution in [1.29, 1.82) is 0 Å². The Hall–Kier alpha value is -2.62. The van der Waals surface area contributed by atoms with E-state index in [9.17, 15) is 0 Å². The Morgan fingerprint density at radius 2 is 1.79 bits per heavy atom. The van der Waals surface area contributed by atoms with Crippen LogP contribution in [0.2, 0.25) is 0 Å². The van der Waals surface area contributed by atoms with Crippen LogP contribution in [0, 0.1) is 0 Å². The number of hydrogen-bond donors (Lipinski definition) is 2. The molecular weight excluding hydrogens is 531 g/mol. The Balaban J connectivity index is 0.00000385. The van der Waals surface area contributed by atoms with E-state index in [0.29, 0.717) is 19.2 Å². The minimum absolute atomic E-state index is 0. The smallest absolute Gasteiger partial charge is 0.191 e. The first-order valence-corrected chi connectivity index (χ1v) is 10.9. The number of hydrogen-bond acceptors (Lipinski definition) is 5. The van der Waals surface area contributed by atoms with Crippen LogP contribution in [0.5, 0.6) is 17.2 Å². The Bertz CT molecular complexity index is 892. The van der Waals surface area contributed by atoms with Crippen molar-refractivity contribution in [2.45, 2.75) is 25.4 Å². The highest BCUT2D eigenvalue weighted by molar-refractivity contribution is 14.0. The molecule has 1 heterocycles. The molecule has 1 saturated heterocycles. The SMILES string of the molecule is C=CCOc1ccccc1CNC(=NC)NC1CCN(c2cc(OC)cc(OC)c2)CC1.I. The number of nitrogens with zero attached hydrogens (tertiary/aromatic N) is 2. The summed E-state index contributed by atoms with van der Waals surface area (Å²) in [5, 5.41) is 6.97. The largest absolute Gasteiger partial charge is 0.497 e. The lowest BCUT2D eigenvalue weighted by Crippen LogP contribution is -2.48. The van der Waals surface area contributed by atoms with E-state index in [1.165, 1.54) is 0 Å². The molecule has 2 aromatic carbocycles. The van der Waals surface area contributed by atoms with Crippen LogP contribution in [0.25, 0.3) is 0 Å². The molecule has 1 fully saturated rings. The van der Waals surface area contributed by atoms with Gasteiger partial charge in [0.15, 0.2) is 5.96 Å². The van der Waals surface area contributed by atoms with Crippen molar-refractivity contribution in [2.75, 3.05) is 45.9 Å². The first kappa shape index (κ1) is 26.6. The van der Waals surface area contributed by atoms with Crippen molar-refractivity contribution >= 4 is 35.6 Å². The molecule has 0 aromatic heterocycles. The first-order valence-electron chi connectivity index (χ1n) is 10.9. The summed E-state index contributed by atoms with van der Waals surface area (Å²) < 4.78 is 16.6. The summed E-state index contributed by atoms with van der Waals surface area (Å²) in [5.74, 6) is 3.27. The van der Waals surface area contributed by atoms with Crippen molar-refractivity contribution in [3.63, 3.8) is 0 Å². The van der Waals surface area contributed by atoms with Crippen LogP contribution in [0.4, 0.5) is 5.69 Å². The number of methoxy groups -OCH3 is 2. The number of rotatable bonds is 9.